The Morgan fingerprint density at radius 2 is 1.84 bits per heavy atom. The van der Waals surface area contributed by atoms with Gasteiger partial charge in [-0.15, -0.1) is 0 Å². The molecule has 4 rings (SSSR count). The van der Waals surface area contributed by atoms with Gasteiger partial charge in [0.05, 0.1) is 0 Å². The van der Waals surface area contributed by atoms with Crippen LogP contribution in [0.4, 0.5) is 5.69 Å². The van der Waals surface area contributed by atoms with E-state index in [0.29, 0.717) is 5.69 Å². The van der Waals surface area contributed by atoms with E-state index in [9.17, 15) is 15.2 Å². The van der Waals surface area contributed by atoms with E-state index in [4.69, 9.17) is 0 Å². The highest BCUT2D eigenvalue weighted by atomic mass is 127. The standard InChI is InChI=1S/C20H15IN2O2/c21-14-3-5-16-12(8-14)7-13-9-15(4-6-17(13)16)23-20(25)18(10-22)19(24)11-1-2-11/h3-6,8-9,11,24H,1-2,7H2,(H,23,25). The maximum Gasteiger partial charge on any atom is 0.269 e. The van der Waals surface area contributed by atoms with E-state index in [-0.39, 0.29) is 17.3 Å². The highest BCUT2D eigenvalue weighted by Crippen LogP contribution is 2.39. The number of carbonyl (C=O) groups excluding carboxylic acids is 1. The fraction of sp³-hybridized carbons (Fsp3) is 0.200. The van der Waals surface area contributed by atoms with Gasteiger partial charge in [-0.1, -0.05) is 12.1 Å². The third-order valence-corrected chi connectivity index (χ3v) is 5.33. The molecule has 0 radical (unpaired) electrons. The number of hydrogen-bond acceptors (Lipinski definition) is 3. The lowest BCUT2D eigenvalue weighted by Gasteiger charge is -2.08. The summed E-state index contributed by atoms with van der Waals surface area (Å²) in [5, 5.41) is 21.9. The topological polar surface area (TPSA) is 73.1 Å². The summed E-state index contributed by atoms with van der Waals surface area (Å²) in [6.45, 7) is 0. The third kappa shape index (κ3) is 3.02. The first-order chi connectivity index (χ1) is 12.1. The van der Waals surface area contributed by atoms with Gasteiger partial charge in [0.2, 0.25) is 0 Å². The molecule has 4 nitrogen and oxygen atoms in total. The number of amides is 1. The molecule has 0 atom stereocenters. The molecule has 0 saturated heterocycles. The molecule has 1 amide bonds. The van der Waals surface area contributed by atoms with Gasteiger partial charge in [-0.3, -0.25) is 4.79 Å². The molecule has 0 aliphatic heterocycles. The van der Waals surface area contributed by atoms with Crippen LogP contribution < -0.4 is 5.32 Å². The van der Waals surface area contributed by atoms with Gasteiger partial charge in [0.15, 0.2) is 5.57 Å². The lowest BCUT2D eigenvalue weighted by atomic mass is 10.1. The van der Waals surface area contributed by atoms with Gasteiger partial charge in [0.1, 0.15) is 11.8 Å². The summed E-state index contributed by atoms with van der Waals surface area (Å²) >= 11 is 2.31. The van der Waals surface area contributed by atoms with Crippen molar-refractivity contribution < 1.29 is 9.90 Å². The number of allylic oxidation sites excluding steroid dienone is 1. The van der Waals surface area contributed by atoms with Gasteiger partial charge in [-0.25, -0.2) is 0 Å². The molecule has 2 aromatic rings. The maximum atomic E-state index is 12.3. The molecular formula is C20H15IN2O2. The fourth-order valence-electron chi connectivity index (χ4n) is 3.24. The first kappa shape index (κ1) is 16.2. The number of rotatable bonds is 3. The van der Waals surface area contributed by atoms with Crippen molar-refractivity contribution in [3.8, 4) is 17.2 Å². The third-order valence-electron chi connectivity index (χ3n) is 4.66. The van der Waals surface area contributed by atoms with Crippen molar-refractivity contribution in [1.29, 1.82) is 5.26 Å². The number of halogens is 1. The molecule has 2 N–H and O–H groups in total. The summed E-state index contributed by atoms with van der Waals surface area (Å²) in [6, 6.07) is 14.0. The quantitative estimate of drug-likeness (QED) is 0.271. The Hall–Kier alpha value is -2.33. The van der Waals surface area contributed by atoms with Crippen molar-refractivity contribution >= 4 is 34.2 Å². The molecule has 1 fully saturated rings. The Morgan fingerprint density at radius 3 is 2.52 bits per heavy atom. The Balaban J connectivity index is 1.59. The van der Waals surface area contributed by atoms with Crippen molar-refractivity contribution in [2.75, 3.05) is 5.32 Å². The van der Waals surface area contributed by atoms with Gasteiger partial charge in [-0.2, -0.15) is 5.26 Å². The molecule has 0 aromatic heterocycles. The van der Waals surface area contributed by atoms with Crippen LogP contribution in [0.3, 0.4) is 0 Å². The van der Waals surface area contributed by atoms with Crippen LogP contribution in [0, 0.1) is 20.8 Å². The van der Waals surface area contributed by atoms with Crippen LogP contribution >= 0.6 is 22.6 Å². The van der Waals surface area contributed by atoms with Crippen molar-refractivity contribution in [1.82, 2.24) is 0 Å². The summed E-state index contributed by atoms with van der Waals surface area (Å²) in [7, 11) is 0. The minimum atomic E-state index is -0.545. The van der Waals surface area contributed by atoms with E-state index in [1.165, 1.54) is 20.3 Å². The summed E-state index contributed by atoms with van der Waals surface area (Å²) in [5.41, 5.74) is 5.32. The predicted molar refractivity (Wildman–Crippen MR) is 104 cm³/mol. The zero-order valence-corrected chi connectivity index (χ0v) is 15.5. The second-order valence-electron chi connectivity index (χ2n) is 6.45. The number of nitrogens with one attached hydrogen (secondary N) is 1. The summed E-state index contributed by atoms with van der Waals surface area (Å²) in [5.74, 6) is -0.655. The van der Waals surface area contributed by atoms with Crippen LogP contribution in [-0.2, 0) is 11.2 Å². The Morgan fingerprint density at radius 1 is 1.16 bits per heavy atom. The summed E-state index contributed by atoms with van der Waals surface area (Å²) < 4.78 is 1.21. The molecule has 0 bridgehead atoms. The van der Waals surface area contributed by atoms with E-state index < -0.39 is 5.91 Å². The molecule has 5 heteroatoms. The second-order valence-corrected chi connectivity index (χ2v) is 7.70. The average molecular weight is 442 g/mol. The molecule has 124 valence electrons. The number of fused-ring (bicyclic) bond motifs is 3. The minimum absolute atomic E-state index is 0.0302. The molecule has 2 aliphatic rings. The second kappa shape index (κ2) is 6.19. The lowest BCUT2D eigenvalue weighted by Crippen LogP contribution is -2.16. The minimum Gasteiger partial charge on any atom is -0.510 e. The highest BCUT2D eigenvalue weighted by molar-refractivity contribution is 14.1. The van der Waals surface area contributed by atoms with Gasteiger partial charge in [0.25, 0.3) is 5.91 Å². The predicted octanol–water partition coefficient (Wildman–Crippen LogP) is 4.55. The van der Waals surface area contributed by atoms with Gasteiger partial charge < -0.3 is 10.4 Å². The van der Waals surface area contributed by atoms with Crippen molar-refractivity contribution in [2.24, 2.45) is 5.92 Å². The van der Waals surface area contributed by atoms with E-state index in [2.05, 4.69) is 46.1 Å². The number of nitrogens with zero attached hydrogens (tertiary/aromatic N) is 1. The average Bonchev–Trinajstić information content (AvgIpc) is 3.36. The van der Waals surface area contributed by atoms with E-state index in [1.54, 1.807) is 0 Å². The molecule has 0 spiro atoms. The molecule has 1 saturated carbocycles. The Bertz CT molecular complexity index is 968. The zero-order chi connectivity index (χ0) is 17.6. The number of aliphatic hydroxyl groups excluding tert-OH is 1. The Labute approximate surface area is 159 Å². The number of aliphatic hydroxyl groups is 1. The molecular weight excluding hydrogens is 427 g/mol. The molecule has 0 heterocycles. The Kier molecular flexibility index (Phi) is 4.00. The normalized spacial score (nSPS) is 15.7. The number of nitriles is 1. The summed E-state index contributed by atoms with van der Waals surface area (Å²) in [6.07, 6.45) is 2.50. The van der Waals surface area contributed by atoms with Crippen molar-refractivity contribution in [3.63, 3.8) is 0 Å². The first-order valence-electron chi connectivity index (χ1n) is 8.13. The van der Waals surface area contributed by atoms with Crippen LogP contribution in [0.25, 0.3) is 11.1 Å². The van der Waals surface area contributed by atoms with Crippen LogP contribution in [-0.4, -0.2) is 11.0 Å². The number of benzene rings is 2. The summed E-state index contributed by atoms with van der Waals surface area (Å²) in [4.78, 5) is 12.3. The first-order valence-corrected chi connectivity index (χ1v) is 9.21. The molecule has 0 unspecified atom stereocenters. The van der Waals surface area contributed by atoms with E-state index in [1.807, 2.05) is 24.3 Å². The molecule has 2 aromatic carbocycles. The largest absolute Gasteiger partial charge is 0.510 e. The van der Waals surface area contributed by atoms with Crippen LogP contribution in [0.5, 0.6) is 0 Å². The molecule has 2 aliphatic carbocycles. The number of hydrogen-bond donors (Lipinski definition) is 2. The fourth-order valence-corrected chi connectivity index (χ4v) is 3.79. The van der Waals surface area contributed by atoms with E-state index in [0.717, 1.165) is 24.8 Å². The molecule has 25 heavy (non-hydrogen) atoms. The number of carbonyl (C=O) groups is 1. The van der Waals surface area contributed by atoms with Crippen LogP contribution in [0.2, 0.25) is 0 Å². The van der Waals surface area contributed by atoms with Gasteiger partial charge >= 0.3 is 0 Å². The lowest BCUT2D eigenvalue weighted by molar-refractivity contribution is -0.112. The van der Waals surface area contributed by atoms with Gasteiger partial charge in [0, 0.05) is 15.2 Å². The monoisotopic (exact) mass is 442 g/mol. The smallest absolute Gasteiger partial charge is 0.269 e. The van der Waals surface area contributed by atoms with Gasteiger partial charge in [-0.05, 0) is 88.4 Å². The van der Waals surface area contributed by atoms with Crippen molar-refractivity contribution in [3.05, 3.63) is 62.4 Å². The highest BCUT2D eigenvalue weighted by Gasteiger charge is 2.31. The van der Waals surface area contributed by atoms with Crippen LogP contribution in [0.15, 0.2) is 47.7 Å². The maximum absolute atomic E-state index is 12.3. The SMILES string of the molecule is N#CC(C(=O)Nc1ccc2c(c1)Cc1cc(I)ccc1-2)=C(O)C1CC1. The zero-order valence-electron chi connectivity index (χ0n) is 13.3. The number of anilines is 1. The van der Waals surface area contributed by atoms with Crippen LogP contribution in [0.1, 0.15) is 24.0 Å². The van der Waals surface area contributed by atoms with E-state index >= 15 is 0 Å². The van der Waals surface area contributed by atoms with Crippen molar-refractivity contribution in [2.45, 2.75) is 19.3 Å².